The first-order chi connectivity index (χ1) is 16.4. The molecule has 3 atom stereocenters. The molecule has 1 heterocycles. The number of nitrogens with one attached hydrogen (secondary N) is 2. The SMILES string of the molecule is Cc1ccccc1C(=O)N1CCC[C@H](C(=O)N[C@@H]2CCCC[C@H]2NC(=O)c2ccc(F)cc2)C1. The zero-order chi connectivity index (χ0) is 24.1. The smallest absolute Gasteiger partial charge is 0.254 e. The number of aryl methyl sites for hydroxylation is 1. The molecular formula is C27H32FN3O3. The topological polar surface area (TPSA) is 78.5 Å². The fourth-order valence-corrected chi connectivity index (χ4v) is 4.99. The van der Waals surface area contributed by atoms with Crippen LogP contribution in [0, 0.1) is 18.7 Å². The van der Waals surface area contributed by atoms with Crippen LogP contribution in [0.1, 0.15) is 64.8 Å². The van der Waals surface area contributed by atoms with Gasteiger partial charge < -0.3 is 15.5 Å². The van der Waals surface area contributed by atoms with E-state index in [1.54, 1.807) is 4.90 Å². The van der Waals surface area contributed by atoms with Crippen LogP contribution in [0.25, 0.3) is 0 Å². The molecule has 3 amide bonds. The summed E-state index contributed by atoms with van der Waals surface area (Å²) in [6, 6.07) is 12.6. The van der Waals surface area contributed by atoms with Gasteiger partial charge in [-0.2, -0.15) is 0 Å². The minimum Gasteiger partial charge on any atom is -0.351 e. The quantitative estimate of drug-likeness (QED) is 0.704. The van der Waals surface area contributed by atoms with E-state index in [0.717, 1.165) is 44.1 Å². The summed E-state index contributed by atoms with van der Waals surface area (Å²) >= 11 is 0. The lowest BCUT2D eigenvalue weighted by atomic mass is 9.88. The molecule has 1 aliphatic carbocycles. The second-order valence-electron chi connectivity index (χ2n) is 9.39. The van der Waals surface area contributed by atoms with Gasteiger partial charge in [-0.15, -0.1) is 0 Å². The van der Waals surface area contributed by atoms with Crippen LogP contribution in [0.5, 0.6) is 0 Å². The summed E-state index contributed by atoms with van der Waals surface area (Å²) < 4.78 is 13.2. The summed E-state index contributed by atoms with van der Waals surface area (Å²) in [5.41, 5.74) is 2.01. The van der Waals surface area contributed by atoms with E-state index < -0.39 is 0 Å². The van der Waals surface area contributed by atoms with E-state index >= 15 is 0 Å². The van der Waals surface area contributed by atoms with Crippen molar-refractivity contribution in [3.8, 4) is 0 Å². The second-order valence-corrected chi connectivity index (χ2v) is 9.39. The minimum absolute atomic E-state index is 0.0299. The average molecular weight is 466 g/mol. The second kappa shape index (κ2) is 10.8. The van der Waals surface area contributed by atoms with E-state index in [4.69, 9.17) is 0 Å². The number of carbonyl (C=O) groups excluding carboxylic acids is 3. The summed E-state index contributed by atoms with van der Waals surface area (Å²) in [7, 11) is 0. The first kappa shape index (κ1) is 23.9. The van der Waals surface area contributed by atoms with Crippen molar-refractivity contribution in [3.63, 3.8) is 0 Å². The average Bonchev–Trinajstić information content (AvgIpc) is 2.85. The van der Waals surface area contributed by atoms with Gasteiger partial charge in [-0.25, -0.2) is 4.39 Å². The molecule has 2 aromatic rings. The maximum absolute atomic E-state index is 13.2. The summed E-state index contributed by atoms with van der Waals surface area (Å²) in [4.78, 5) is 40.6. The minimum atomic E-state index is -0.387. The van der Waals surface area contributed by atoms with Gasteiger partial charge in [0.05, 0.1) is 5.92 Å². The zero-order valence-electron chi connectivity index (χ0n) is 19.6. The van der Waals surface area contributed by atoms with Crippen LogP contribution in [-0.2, 0) is 4.79 Å². The van der Waals surface area contributed by atoms with Crippen molar-refractivity contribution in [2.75, 3.05) is 13.1 Å². The van der Waals surface area contributed by atoms with Gasteiger partial charge in [0, 0.05) is 36.3 Å². The highest BCUT2D eigenvalue weighted by Crippen LogP contribution is 2.23. The van der Waals surface area contributed by atoms with Crippen LogP contribution < -0.4 is 10.6 Å². The maximum Gasteiger partial charge on any atom is 0.254 e. The molecule has 6 nitrogen and oxygen atoms in total. The monoisotopic (exact) mass is 465 g/mol. The lowest BCUT2D eigenvalue weighted by Crippen LogP contribution is -2.55. The molecule has 0 radical (unpaired) electrons. The Kier molecular flexibility index (Phi) is 7.60. The Morgan fingerprint density at radius 3 is 2.26 bits per heavy atom. The molecule has 0 bridgehead atoms. The first-order valence-corrected chi connectivity index (χ1v) is 12.1. The molecular weight excluding hydrogens is 433 g/mol. The van der Waals surface area contributed by atoms with Crippen molar-refractivity contribution in [2.45, 2.75) is 57.5 Å². The van der Waals surface area contributed by atoms with Crippen molar-refractivity contribution in [3.05, 3.63) is 71.0 Å². The molecule has 2 fully saturated rings. The third-order valence-electron chi connectivity index (χ3n) is 6.97. The standard InChI is InChI=1S/C27H32FN3O3/c1-18-7-2-3-9-22(18)27(34)31-16-6-8-20(17-31)26(33)30-24-11-5-4-10-23(24)29-25(32)19-12-14-21(28)15-13-19/h2-3,7,9,12-15,20,23-24H,4-6,8,10-11,16-17H2,1H3,(H,29,32)(H,30,33)/t20-,23+,24+/m0/s1. The van der Waals surface area contributed by atoms with Crippen molar-refractivity contribution < 1.29 is 18.8 Å². The van der Waals surface area contributed by atoms with E-state index in [2.05, 4.69) is 10.6 Å². The number of hydrogen-bond acceptors (Lipinski definition) is 3. The highest BCUT2D eigenvalue weighted by Gasteiger charge is 2.33. The molecule has 2 N–H and O–H groups in total. The number of piperidine rings is 1. The Morgan fingerprint density at radius 2 is 1.56 bits per heavy atom. The van der Waals surface area contributed by atoms with Crippen LogP contribution in [0.4, 0.5) is 4.39 Å². The fourth-order valence-electron chi connectivity index (χ4n) is 4.99. The predicted molar refractivity (Wildman–Crippen MR) is 128 cm³/mol. The van der Waals surface area contributed by atoms with E-state index in [-0.39, 0.29) is 41.5 Å². The van der Waals surface area contributed by atoms with E-state index in [1.807, 2.05) is 31.2 Å². The molecule has 0 unspecified atom stereocenters. The third kappa shape index (κ3) is 5.64. The van der Waals surface area contributed by atoms with Crippen LogP contribution in [0.15, 0.2) is 48.5 Å². The Morgan fingerprint density at radius 1 is 0.882 bits per heavy atom. The molecule has 0 aromatic heterocycles. The predicted octanol–water partition coefficient (Wildman–Crippen LogP) is 3.84. The van der Waals surface area contributed by atoms with Crippen molar-refractivity contribution in [1.82, 2.24) is 15.5 Å². The van der Waals surface area contributed by atoms with Crippen LogP contribution in [0.2, 0.25) is 0 Å². The normalized spacial score (nSPS) is 22.6. The number of carbonyl (C=O) groups is 3. The maximum atomic E-state index is 13.2. The van der Waals surface area contributed by atoms with Gasteiger partial charge in [-0.05, 0) is 68.5 Å². The number of hydrogen-bond donors (Lipinski definition) is 2. The summed E-state index contributed by atoms with van der Waals surface area (Å²) in [6.07, 6.45) is 5.05. The van der Waals surface area contributed by atoms with E-state index in [9.17, 15) is 18.8 Å². The number of benzene rings is 2. The molecule has 4 rings (SSSR count). The van der Waals surface area contributed by atoms with Crippen molar-refractivity contribution in [1.29, 1.82) is 0 Å². The molecule has 2 aromatic carbocycles. The zero-order valence-corrected chi connectivity index (χ0v) is 19.6. The van der Waals surface area contributed by atoms with Crippen LogP contribution >= 0.6 is 0 Å². The summed E-state index contributed by atoms with van der Waals surface area (Å²) in [6.45, 7) is 2.97. The third-order valence-corrected chi connectivity index (χ3v) is 6.97. The Balaban J connectivity index is 1.37. The Hall–Kier alpha value is -3.22. The van der Waals surface area contributed by atoms with Crippen LogP contribution in [-0.4, -0.2) is 47.8 Å². The summed E-state index contributed by atoms with van der Waals surface area (Å²) in [5, 5.41) is 6.19. The molecule has 1 saturated carbocycles. The largest absolute Gasteiger partial charge is 0.351 e. The van der Waals surface area contributed by atoms with Gasteiger partial charge in [0.2, 0.25) is 5.91 Å². The lowest BCUT2D eigenvalue weighted by molar-refractivity contribution is -0.127. The summed E-state index contributed by atoms with van der Waals surface area (Å²) in [5.74, 6) is -1.01. The van der Waals surface area contributed by atoms with Crippen molar-refractivity contribution in [2.24, 2.45) is 5.92 Å². The number of halogens is 1. The Labute approximate surface area is 199 Å². The molecule has 7 heteroatoms. The molecule has 34 heavy (non-hydrogen) atoms. The van der Waals surface area contributed by atoms with Gasteiger partial charge in [0.25, 0.3) is 11.8 Å². The fraction of sp³-hybridized carbons (Fsp3) is 0.444. The van der Waals surface area contributed by atoms with Gasteiger partial charge >= 0.3 is 0 Å². The van der Waals surface area contributed by atoms with Gasteiger partial charge in [-0.3, -0.25) is 14.4 Å². The molecule has 180 valence electrons. The van der Waals surface area contributed by atoms with E-state index in [0.29, 0.717) is 24.2 Å². The van der Waals surface area contributed by atoms with Gasteiger partial charge in [-0.1, -0.05) is 31.0 Å². The Bertz CT molecular complexity index is 1040. The number of likely N-dealkylation sites (tertiary alicyclic amines) is 1. The lowest BCUT2D eigenvalue weighted by Gasteiger charge is -2.36. The molecule has 1 saturated heterocycles. The highest BCUT2D eigenvalue weighted by atomic mass is 19.1. The van der Waals surface area contributed by atoms with E-state index in [1.165, 1.54) is 24.3 Å². The molecule has 0 spiro atoms. The number of amides is 3. The number of rotatable bonds is 5. The van der Waals surface area contributed by atoms with Crippen LogP contribution in [0.3, 0.4) is 0 Å². The number of nitrogens with zero attached hydrogens (tertiary/aromatic N) is 1. The highest BCUT2D eigenvalue weighted by molar-refractivity contribution is 5.96. The first-order valence-electron chi connectivity index (χ1n) is 12.1. The molecule has 2 aliphatic rings. The van der Waals surface area contributed by atoms with Gasteiger partial charge in [0.1, 0.15) is 5.82 Å². The van der Waals surface area contributed by atoms with Gasteiger partial charge in [0.15, 0.2) is 0 Å². The van der Waals surface area contributed by atoms with Crippen molar-refractivity contribution >= 4 is 17.7 Å². The molecule has 1 aliphatic heterocycles.